The number of fused-ring (bicyclic) bond motifs is 1. The third-order valence-corrected chi connectivity index (χ3v) is 3.89. The first-order chi connectivity index (χ1) is 12.1. The van der Waals surface area contributed by atoms with Crippen LogP contribution in [0.3, 0.4) is 0 Å². The number of nitrogens with one attached hydrogen (secondary N) is 1. The van der Waals surface area contributed by atoms with E-state index in [2.05, 4.69) is 20.6 Å². The van der Waals surface area contributed by atoms with Crippen molar-refractivity contribution < 1.29 is 9.21 Å². The summed E-state index contributed by atoms with van der Waals surface area (Å²) in [4.78, 5) is 12.3. The Bertz CT molecular complexity index is 1060. The first kappa shape index (κ1) is 15.1. The van der Waals surface area contributed by atoms with Crippen molar-refractivity contribution in [1.82, 2.24) is 19.8 Å². The van der Waals surface area contributed by atoms with Gasteiger partial charge in [0.05, 0.1) is 11.3 Å². The maximum absolute atomic E-state index is 12.3. The van der Waals surface area contributed by atoms with Crippen molar-refractivity contribution in [2.75, 3.05) is 5.32 Å². The molecule has 0 aliphatic heterocycles. The highest BCUT2D eigenvalue weighted by Crippen LogP contribution is 2.21. The third-order valence-electron chi connectivity index (χ3n) is 3.89. The van der Waals surface area contributed by atoms with E-state index in [-0.39, 0.29) is 5.91 Å². The van der Waals surface area contributed by atoms with Gasteiger partial charge in [0.1, 0.15) is 17.8 Å². The summed E-state index contributed by atoms with van der Waals surface area (Å²) in [5.41, 5.74) is 3.67. The smallest absolute Gasteiger partial charge is 0.259 e. The molecule has 0 aliphatic carbocycles. The molecule has 4 aromatic rings. The van der Waals surface area contributed by atoms with Gasteiger partial charge in [-0.3, -0.25) is 4.79 Å². The Morgan fingerprint density at radius 2 is 1.92 bits per heavy atom. The summed E-state index contributed by atoms with van der Waals surface area (Å²) in [6.07, 6.45) is 1.56. The SMILES string of the molecule is Cc1cc(C(=O)Nc2ccc(-c3ccc4nncn4n3)cc2)c(C)o1. The number of carbonyl (C=O) groups is 1. The van der Waals surface area contributed by atoms with E-state index in [9.17, 15) is 4.79 Å². The van der Waals surface area contributed by atoms with Gasteiger partial charge in [0, 0.05) is 11.3 Å². The molecule has 0 saturated heterocycles. The molecule has 0 bridgehead atoms. The summed E-state index contributed by atoms with van der Waals surface area (Å²) in [7, 11) is 0. The number of anilines is 1. The summed E-state index contributed by atoms with van der Waals surface area (Å²) in [5.74, 6) is 1.14. The summed E-state index contributed by atoms with van der Waals surface area (Å²) in [6.45, 7) is 3.59. The van der Waals surface area contributed by atoms with Crippen molar-refractivity contribution in [2.45, 2.75) is 13.8 Å². The molecule has 3 aromatic heterocycles. The molecule has 0 radical (unpaired) electrons. The molecule has 1 amide bonds. The number of benzene rings is 1. The van der Waals surface area contributed by atoms with E-state index in [0.717, 1.165) is 11.3 Å². The second-order valence-corrected chi connectivity index (χ2v) is 5.71. The highest BCUT2D eigenvalue weighted by atomic mass is 16.3. The van der Waals surface area contributed by atoms with Crippen LogP contribution in [0.2, 0.25) is 0 Å². The highest BCUT2D eigenvalue weighted by molar-refractivity contribution is 6.05. The number of aryl methyl sites for hydroxylation is 2. The Hall–Kier alpha value is -3.48. The third kappa shape index (κ3) is 2.87. The summed E-state index contributed by atoms with van der Waals surface area (Å²) in [6, 6.07) is 13.0. The van der Waals surface area contributed by atoms with Gasteiger partial charge >= 0.3 is 0 Å². The minimum absolute atomic E-state index is 0.189. The molecule has 3 heterocycles. The summed E-state index contributed by atoms with van der Waals surface area (Å²) < 4.78 is 7.02. The minimum Gasteiger partial charge on any atom is -0.466 e. The van der Waals surface area contributed by atoms with Crippen LogP contribution in [-0.4, -0.2) is 25.7 Å². The summed E-state index contributed by atoms with van der Waals surface area (Å²) in [5, 5.41) is 15.1. The number of nitrogens with zero attached hydrogens (tertiary/aromatic N) is 4. The van der Waals surface area contributed by atoms with Gasteiger partial charge in [0.15, 0.2) is 5.65 Å². The molecule has 124 valence electrons. The van der Waals surface area contributed by atoms with E-state index in [4.69, 9.17) is 4.42 Å². The fraction of sp³-hybridized carbons (Fsp3) is 0.111. The van der Waals surface area contributed by atoms with Crippen LogP contribution in [0, 0.1) is 13.8 Å². The van der Waals surface area contributed by atoms with Gasteiger partial charge in [-0.05, 0) is 44.2 Å². The molecular weight excluding hydrogens is 318 g/mol. The molecule has 0 saturated carbocycles. The van der Waals surface area contributed by atoms with Crippen LogP contribution < -0.4 is 5.32 Å². The predicted octanol–water partition coefficient (Wildman–Crippen LogP) is 3.25. The Labute approximate surface area is 143 Å². The average Bonchev–Trinajstić information content (AvgIpc) is 3.20. The topological polar surface area (TPSA) is 85.3 Å². The second kappa shape index (κ2) is 5.86. The standard InChI is InChI=1S/C18H15N5O2/c1-11-9-15(12(2)25-11)18(24)20-14-5-3-13(4-6-14)16-7-8-17-21-19-10-23(17)22-16/h3-10H,1-2H3,(H,20,24). The van der Waals surface area contributed by atoms with E-state index in [1.165, 1.54) is 0 Å². The van der Waals surface area contributed by atoms with Gasteiger partial charge < -0.3 is 9.73 Å². The fourth-order valence-corrected chi connectivity index (χ4v) is 2.66. The molecule has 0 atom stereocenters. The van der Waals surface area contributed by atoms with E-state index in [1.54, 1.807) is 23.8 Å². The van der Waals surface area contributed by atoms with Gasteiger partial charge in [-0.1, -0.05) is 12.1 Å². The molecular formula is C18H15N5O2. The zero-order valence-corrected chi connectivity index (χ0v) is 13.7. The quantitative estimate of drug-likeness (QED) is 0.622. The van der Waals surface area contributed by atoms with Crippen molar-refractivity contribution in [3.63, 3.8) is 0 Å². The molecule has 1 aromatic carbocycles. The molecule has 1 N–H and O–H groups in total. The largest absolute Gasteiger partial charge is 0.466 e. The van der Waals surface area contributed by atoms with Crippen LogP contribution in [-0.2, 0) is 0 Å². The second-order valence-electron chi connectivity index (χ2n) is 5.71. The van der Waals surface area contributed by atoms with Gasteiger partial charge in [-0.15, -0.1) is 10.2 Å². The van der Waals surface area contributed by atoms with Gasteiger partial charge in [0.2, 0.25) is 0 Å². The molecule has 25 heavy (non-hydrogen) atoms. The van der Waals surface area contributed by atoms with Crippen LogP contribution in [0.5, 0.6) is 0 Å². The molecule has 7 heteroatoms. The normalized spacial score (nSPS) is 11.0. The van der Waals surface area contributed by atoms with E-state index < -0.39 is 0 Å². The van der Waals surface area contributed by atoms with Crippen LogP contribution in [0.1, 0.15) is 21.9 Å². The first-order valence-corrected chi connectivity index (χ1v) is 7.76. The molecule has 7 nitrogen and oxygen atoms in total. The minimum atomic E-state index is -0.189. The van der Waals surface area contributed by atoms with Gasteiger partial charge in [-0.25, -0.2) is 0 Å². The molecule has 0 fully saturated rings. The van der Waals surface area contributed by atoms with Crippen molar-refractivity contribution in [2.24, 2.45) is 0 Å². The fourth-order valence-electron chi connectivity index (χ4n) is 2.66. The number of rotatable bonds is 3. The molecule has 0 unspecified atom stereocenters. The summed E-state index contributed by atoms with van der Waals surface area (Å²) >= 11 is 0. The Balaban J connectivity index is 1.55. The van der Waals surface area contributed by atoms with Crippen LogP contribution in [0.4, 0.5) is 5.69 Å². The van der Waals surface area contributed by atoms with Gasteiger partial charge in [-0.2, -0.15) is 9.61 Å². The van der Waals surface area contributed by atoms with Crippen LogP contribution >= 0.6 is 0 Å². The Morgan fingerprint density at radius 3 is 2.64 bits per heavy atom. The molecule has 0 spiro atoms. The average molecular weight is 333 g/mol. The zero-order chi connectivity index (χ0) is 17.4. The van der Waals surface area contributed by atoms with Crippen LogP contribution in [0.15, 0.2) is 53.2 Å². The van der Waals surface area contributed by atoms with Crippen LogP contribution in [0.25, 0.3) is 16.9 Å². The predicted molar refractivity (Wildman–Crippen MR) is 92.4 cm³/mol. The lowest BCUT2D eigenvalue weighted by Gasteiger charge is -2.06. The lowest BCUT2D eigenvalue weighted by molar-refractivity contribution is 0.102. The van der Waals surface area contributed by atoms with Crippen molar-refractivity contribution >= 4 is 17.2 Å². The lowest BCUT2D eigenvalue weighted by Crippen LogP contribution is -2.11. The number of amides is 1. The lowest BCUT2D eigenvalue weighted by atomic mass is 10.1. The van der Waals surface area contributed by atoms with Crippen molar-refractivity contribution in [3.05, 3.63) is 65.9 Å². The van der Waals surface area contributed by atoms with E-state index in [1.807, 2.05) is 43.3 Å². The molecule has 4 rings (SSSR count). The van der Waals surface area contributed by atoms with Gasteiger partial charge in [0.25, 0.3) is 5.91 Å². The monoisotopic (exact) mass is 333 g/mol. The molecule has 0 aliphatic rings. The van der Waals surface area contributed by atoms with E-state index >= 15 is 0 Å². The van der Waals surface area contributed by atoms with Crippen molar-refractivity contribution in [3.8, 4) is 11.3 Å². The zero-order valence-electron chi connectivity index (χ0n) is 13.7. The number of hydrogen-bond donors (Lipinski definition) is 1. The van der Waals surface area contributed by atoms with E-state index in [0.29, 0.717) is 28.4 Å². The Kier molecular flexibility index (Phi) is 3.53. The highest BCUT2D eigenvalue weighted by Gasteiger charge is 2.13. The Morgan fingerprint density at radius 1 is 1.12 bits per heavy atom. The van der Waals surface area contributed by atoms with Crippen molar-refractivity contribution in [1.29, 1.82) is 0 Å². The number of furan rings is 1. The number of hydrogen-bond acceptors (Lipinski definition) is 5. The maximum Gasteiger partial charge on any atom is 0.259 e. The first-order valence-electron chi connectivity index (χ1n) is 7.76. The number of carbonyl (C=O) groups excluding carboxylic acids is 1. The maximum atomic E-state index is 12.3. The number of aromatic nitrogens is 4.